The number of hydrogen-bond donors (Lipinski definition) is 1. The van der Waals surface area contributed by atoms with Crippen LogP contribution in [0.3, 0.4) is 0 Å². The first-order chi connectivity index (χ1) is 12.2. The van der Waals surface area contributed by atoms with Crippen LogP contribution < -0.4 is 4.74 Å². The summed E-state index contributed by atoms with van der Waals surface area (Å²) < 4.78 is 5.78. The largest absolute Gasteiger partial charge is 0.494 e. The molecule has 0 aliphatic rings. The first-order valence-corrected chi connectivity index (χ1v) is 8.88. The molecule has 0 amide bonds. The van der Waals surface area contributed by atoms with E-state index in [1.807, 2.05) is 42.5 Å². The van der Waals surface area contributed by atoms with Gasteiger partial charge < -0.3 is 9.84 Å². The van der Waals surface area contributed by atoms with Gasteiger partial charge in [0.25, 0.3) is 0 Å². The third-order valence-electron chi connectivity index (χ3n) is 4.14. The molecule has 0 aromatic heterocycles. The molecule has 0 atom stereocenters. The second-order valence-electron chi connectivity index (χ2n) is 6.10. The molecule has 0 aliphatic carbocycles. The normalized spacial score (nSPS) is 10.4. The minimum Gasteiger partial charge on any atom is -0.494 e. The van der Waals surface area contributed by atoms with Crippen LogP contribution in [0.1, 0.15) is 48.9 Å². The lowest BCUT2D eigenvalue weighted by Gasteiger charge is -2.08. The van der Waals surface area contributed by atoms with E-state index in [4.69, 9.17) is 9.84 Å². The lowest BCUT2D eigenvalue weighted by atomic mass is 10.0. The van der Waals surface area contributed by atoms with E-state index in [2.05, 4.69) is 6.58 Å². The third-order valence-corrected chi connectivity index (χ3v) is 4.14. The number of carboxylic acids is 1. The second kappa shape index (κ2) is 10.3. The van der Waals surface area contributed by atoms with Gasteiger partial charge in [-0.15, -0.1) is 6.58 Å². The molecule has 132 valence electrons. The Morgan fingerprint density at radius 3 is 2.04 bits per heavy atom. The van der Waals surface area contributed by atoms with Crippen molar-refractivity contribution in [2.45, 2.75) is 38.5 Å². The number of aromatic carboxylic acids is 1. The molecule has 2 aromatic carbocycles. The summed E-state index contributed by atoms with van der Waals surface area (Å²) in [6, 6.07) is 14.8. The lowest BCUT2D eigenvalue weighted by Crippen LogP contribution is -1.97. The van der Waals surface area contributed by atoms with Gasteiger partial charge in [-0.2, -0.15) is 0 Å². The Morgan fingerprint density at radius 1 is 0.880 bits per heavy atom. The van der Waals surface area contributed by atoms with Crippen molar-refractivity contribution < 1.29 is 14.6 Å². The molecule has 0 unspecified atom stereocenters. The van der Waals surface area contributed by atoms with E-state index in [1.165, 1.54) is 25.7 Å². The zero-order valence-electron chi connectivity index (χ0n) is 14.6. The number of carboxylic acid groups (broad SMARTS) is 1. The average Bonchev–Trinajstić information content (AvgIpc) is 2.64. The minimum atomic E-state index is -0.906. The Morgan fingerprint density at radius 2 is 1.44 bits per heavy atom. The van der Waals surface area contributed by atoms with Crippen LogP contribution in [0.15, 0.2) is 61.2 Å². The van der Waals surface area contributed by atoms with Crippen LogP contribution in [0.25, 0.3) is 11.1 Å². The summed E-state index contributed by atoms with van der Waals surface area (Å²) in [4.78, 5) is 10.9. The van der Waals surface area contributed by atoms with Gasteiger partial charge in [-0.3, -0.25) is 0 Å². The predicted octanol–water partition coefficient (Wildman–Crippen LogP) is 5.96. The van der Waals surface area contributed by atoms with Gasteiger partial charge in [0, 0.05) is 0 Å². The standard InChI is InChI=1S/C22H26O3/c1-2-3-4-5-6-7-8-17-25-21-15-13-19(14-16-21)18-9-11-20(12-10-18)22(23)24/h2,9-16H,1,3-8,17H2,(H,23,24). The molecular formula is C22H26O3. The van der Waals surface area contributed by atoms with Gasteiger partial charge in [-0.05, 0) is 54.7 Å². The first-order valence-electron chi connectivity index (χ1n) is 8.88. The lowest BCUT2D eigenvalue weighted by molar-refractivity contribution is 0.0697. The maximum absolute atomic E-state index is 10.9. The molecule has 0 radical (unpaired) electrons. The third kappa shape index (κ3) is 6.46. The highest BCUT2D eigenvalue weighted by Gasteiger charge is 2.03. The number of hydrogen-bond acceptors (Lipinski definition) is 2. The van der Waals surface area contributed by atoms with Crippen molar-refractivity contribution in [1.29, 1.82) is 0 Å². The van der Waals surface area contributed by atoms with Gasteiger partial charge in [0.2, 0.25) is 0 Å². The van der Waals surface area contributed by atoms with Crippen LogP contribution in [-0.4, -0.2) is 17.7 Å². The van der Waals surface area contributed by atoms with Crippen molar-refractivity contribution in [2.75, 3.05) is 6.61 Å². The maximum atomic E-state index is 10.9. The number of unbranched alkanes of at least 4 members (excludes halogenated alkanes) is 5. The molecule has 25 heavy (non-hydrogen) atoms. The van der Waals surface area contributed by atoms with Crippen LogP contribution >= 0.6 is 0 Å². The maximum Gasteiger partial charge on any atom is 0.335 e. The molecule has 1 N–H and O–H groups in total. The summed E-state index contributed by atoms with van der Waals surface area (Å²) in [6.07, 6.45) is 9.12. The van der Waals surface area contributed by atoms with Crippen LogP contribution in [0, 0.1) is 0 Å². The highest BCUT2D eigenvalue weighted by Crippen LogP contribution is 2.23. The second-order valence-corrected chi connectivity index (χ2v) is 6.10. The van der Waals surface area contributed by atoms with E-state index in [0.717, 1.165) is 36.3 Å². The molecule has 0 fully saturated rings. The Hall–Kier alpha value is -2.55. The van der Waals surface area contributed by atoms with E-state index in [1.54, 1.807) is 12.1 Å². The van der Waals surface area contributed by atoms with E-state index in [0.29, 0.717) is 5.56 Å². The van der Waals surface area contributed by atoms with E-state index < -0.39 is 5.97 Å². The predicted molar refractivity (Wildman–Crippen MR) is 102 cm³/mol. The fraction of sp³-hybridized carbons (Fsp3) is 0.318. The topological polar surface area (TPSA) is 46.5 Å². The van der Waals surface area contributed by atoms with E-state index >= 15 is 0 Å². The number of benzene rings is 2. The number of ether oxygens (including phenoxy) is 1. The Kier molecular flexibility index (Phi) is 7.77. The quantitative estimate of drug-likeness (QED) is 0.406. The van der Waals surface area contributed by atoms with Gasteiger partial charge in [-0.25, -0.2) is 4.79 Å². The molecule has 0 saturated heterocycles. The van der Waals surface area contributed by atoms with Crippen molar-refractivity contribution in [3.8, 4) is 16.9 Å². The van der Waals surface area contributed by atoms with Gasteiger partial charge >= 0.3 is 5.97 Å². The molecule has 2 rings (SSSR count). The average molecular weight is 338 g/mol. The summed E-state index contributed by atoms with van der Waals surface area (Å²) >= 11 is 0. The molecule has 0 bridgehead atoms. The van der Waals surface area contributed by atoms with Crippen LogP contribution in [0.2, 0.25) is 0 Å². The number of rotatable bonds is 11. The van der Waals surface area contributed by atoms with Gasteiger partial charge in [-0.1, -0.05) is 49.6 Å². The summed E-state index contributed by atoms with van der Waals surface area (Å²) in [6.45, 7) is 4.48. The fourth-order valence-corrected chi connectivity index (χ4v) is 2.66. The Balaban J connectivity index is 1.74. The van der Waals surface area contributed by atoms with Gasteiger partial charge in [0.1, 0.15) is 5.75 Å². The number of allylic oxidation sites excluding steroid dienone is 1. The zero-order chi connectivity index (χ0) is 17.9. The van der Waals surface area contributed by atoms with E-state index in [-0.39, 0.29) is 0 Å². The summed E-state index contributed by atoms with van der Waals surface area (Å²) in [5, 5.41) is 8.94. The van der Waals surface area contributed by atoms with Crippen molar-refractivity contribution in [3.05, 3.63) is 66.7 Å². The molecule has 0 spiro atoms. The molecule has 2 aromatic rings. The van der Waals surface area contributed by atoms with E-state index in [9.17, 15) is 4.79 Å². The monoisotopic (exact) mass is 338 g/mol. The number of carbonyl (C=O) groups is 1. The highest BCUT2D eigenvalue weighted by atomic mass is 16.5. The first kappa shape index (κ1) is 18.8. The smallest absolute Gasteiger partial charge is 0.335 e. The van der Waals surface area contributed by atoms with Crippen LogP contribution in [0.5, 0.6) is 5.75 Å². The molecule has 0 aliphatic heterocycles. The van der Waals surface area contributed by atoms with Gasteiger partial charge in [0.05, 0.1) is 12.2 Å². The zero-order valence-corrected chi connectivity index (χ0v) is 14.6. The highest BCUT2D eigenvalue weighted by molar-refractivity contribution is 5.88. The molecule has 0 saturated carbocycles. The van der Waals surface area contributed by atoms with Gasteiger partial charge in [0.15, 0.2) is 0 Å². The van der Waals surface area contributed by atoms with Crippen molar-refractivity contribution in [1.82, 2.24) is 0 Å². The molecular weight excluding hydrogens is 312 g/mol. The Bertz CT molecular complexity index is 657. The van der Waals surface area contributed by atoms with Crippen molar-refractivity contribution in [3.63, 3.8) is 0 Å². The SMILES string of the molecule is C=CCCCCCCCOc1ccc(-c2ccc(C(=O)O)cc2)cc1. The summed E-state index contributed by atoms with van der Waals surface area (Å²) in [5.41, 5.74) is 2.34. The van der Waals surface area contributed by atoms with Crippen LogP contribution in [0.4, 0.5) is 0 Å². The fourth-order valence-electron chi connectivity index (χ4n) is 2.66. The van der Waals surface area contributed by atoms with Crippen molar-refractivity contribution >= 4 is 5.97 Å². The summed E-state index contributed by atoms with van der Waals surface area (Å²) in [7, 11) is 0. The summed E-state index contributed by atoms with van der Waals surface area (Å²) in [5.74, 6) is -0.0337. The Labute approximate surface area is 150 Å². The van der Waals surface area contributed by atoms with Crippen molar-refractivity contribution in [2.24, 2.45) is 0 Å². The molecule has 3 heteroatoms. The molecule has 3 nitrogen and oxygen atoms in total. The molecule has 0 heterocycles. The minimum absolute atomic E-state index is 0.299. The van der Waals surface area contributed by atoms with Crippen LogP contribution in [-0.2, 0) is 0 Å².